The Morgan fingerprint density at radius 1 is 1.03 bits per heavy atom. The smallest absolute Gasteiger partial charge is 0.338 e. The van der Waals surface area contributed by atoms with E-state index in [9.17, 15) is 23.6 Å². The number of allylic oxidation sites excluding steroid dienone is 2. The monoisotopic (exact) mass is 433 g/mol. The zero-order chi connectivity index (χ0) is 22.6. The minimum Gasteiger partial charge on any atom is -0.454 e. The largest absolute Gasteiger partial charge is 0.454 e. The lowest BCUT2D eigenvalue weighted by atomic mass is 9.82. The molecule has 1 saturated carbocycles. The first-order chi connectivity index (χ1) is 15.3. The highest BCUT2D eigenvalue weighted by Gasteiger charge is 2.60. The molecule has 2 aromatic carbocycles. The Morgan fingerprint density at radius 3 is 2.50 bits per heavy atom. The molecule has 2 aromatic rings. The van der Waals surface area contributed by atoms with Crippen LogP contribution in [0.4, 0.5) is 10.1 Å². The van der Waals surface area contributed by atoms with Crippen LogP contribution in [0.5, 0.6) is 0 Å². The zero-order valence-corrected chi connectivity index (χ0v) is 17.3. The van der Waals surface area contributed by atoms with Crippen molar-refractivity contribution in [3.63, 3.8) is 0 Å². The number of nitrogens with zero attached hydrogens (tertiary/aromatic N) is 1. The van der Waals surface area contributed by atoms with Gasteiger partial charge in [0.25, 0.3) is 0 Å². The Hall–Kier alpha value is -3.61. The summed E-state index contributed by atoms with van der Waals surface area (Å²) in [6, 6.07) is 11.1. The summed E-state index contributed by atoms with van der Waals surface area (Å²) in [5.41, 5.74) is 1.85. The average molecular weight is 433 g/mol. The molecule has 2 amide bonds. The predicted octanol–water partition coefficient (Wildman–Crippen LogP) is 3.57. The van der Waals surface area contributed by atoms with E-state index < -0.39 is 24.2 Å². The normalized spacial score (nSPS) is 25.7. The number of anilines is 1. The Morgan fingerprint density at radius 2 is 1.75 bits per heavy atom. The van der Waals surface area contributed by atoms with Crippen LogP contribution >= 0.6 is 0 Å². The van der Waals surface area contributed by atoms with Gasteiger partial charge in [-0.05, 0) is 67.6 Å². The van der Waals surface area contributed by atoms with Gasteiger partial charge in [0, 0.05) is 5.56 Å². The van der Waals surface area contributed by atoms with Gasteiger partial charge >= 0.3 is 5.97 Å². The first-order valence-electron chi connectivity index (χ1n) is 10.5. The number of amides is 2. The molecule has 2 fully saturated rings. The van der Waals surface area contributed by atoms with E-state index in [-0.39, 0.29) is 46.6 Å². The molecule has 162 valence electrons. The van der Waals surface area contributed by atoms with E-state index in [1.165, 1.54) is 34.7 Å². The summed E-state index contributed by atoms with van der Waals surface area (Å²) in [7, 11) is 0. The molecule has 3 aliphatic rings. The minimum atomic E-state index is -0.751. The van der Waals surface area contributed by atoms with Gasteiger partial charge < -0.3 is 4.74 Å². The molecule has 1 saturated heterocycles. The highest BCUT2D eigenvalue weighted by molar-refractivity contribution is 6.23. The van der Waals surface area contributed by atoms with Crippen LogP contribution in [0.2, 0.25) is 0 Å². The highest BCUT2D eigenvalue weighted by atomic mass is 19.1. The van der Waals surface area contributed by atoms with Crippen LogP contribution in [0.3, 0.4) is 0 Å². The quantitative estimate of drug-likeness (QED) is 0.312. The molecule has 0 radical (unpaired) electrons. The predicted molar refractivity (Wildman–Crippen MR) is 112 cm³/mol. The van der Waals surface area contributed by atoms with Gasteiger partial charge in [-0.15, -0.1) is 0 Å². The Labute approximate surface area is 183 Å². The standard InChI is InChI=1S/C25H20FNO5/c1-13-9-16-11-19(13)22-21(16)23(29)27(24(22)30)18-4-2-3-15(10-18)25(31)32-12-20(28)14-5-7-17(26)8-6-14/h2-10,16,19,21-22H,11-12H2,1H3/t16-,19+,21+,22-/m0/s1. The van der Waals surface area contributed by atoms with E-state index in [0.29, 0.717) is 5.69 Å². The van der Waals surface area contributed by atoms with E-state index in [0.717, 1.165) is 18.6 Å². The van der Waals surface area contributed by atoms with Crippen molar-refractivity contribution in [2.45, 2.75) is 13.3 Å². The molecule has 0 spiro atoms. The molecule has 0 aromatic heterocycles. The topological polar surface area (TPSA) is 80.8 Å². The van der Waals surface area contributed by atoms with E-state index in [1.807, 2.05) is 6.92 Å². The van der Waals surface area contributed by atoms with Crippen molar-refractivity contribution in [2.75, 3.05) is 11.5 Å². The molecular weight excluding hydrogens is 413 g/mol. The van der Waals surface area contributed by atoms with Crippen LogP contribution in [0.1, 0.15) is 34.1 Å². The maximum Gasteiger partial charge on any atom is 0.338 e. The van der Waals surface area contributed by atoms with Crippen LogP contribution in [0.15, 0.2) is 60.2 Å². The SMILES string of the molecule is CC1=C[C@H]2C[C@H]1[C@@H]1C(=O)N(c3cccc(C(=O)OCC(=O)c4ccc(F)cc4)c3)C(=O)[C@@H]12. The van der Waals surface area contributed by atoms with Crippen molar-refractivity contribution in [3.8, 4) is 0 Å². The number of benzene rings is 2. The molecule has 6 nitrogen and oxygen atoms in total. The van der Waals surface area contributed by atoms with Gasteiger partial charge in [0.15, 0.2) is 12.4 Å². The third kappa shape index (κ3) is 3.16. The molecule has 1 heterocycles. The second kappa shape index (κ2) is 7.51. The highest BCUT2D eigenvalue weighted by Crippen LogP contribution is 2.55. The van der Waals surface area contributed by atoms with E-state index >= 15 is 0 Å². The lowest BCUT2D eigenvalue weighted by Crippen LogP contribution is -2.33. The Balaban J connectivity index is 1.30. The number of imide groups is 1. The molecule has 4 atom stereocenters. The molecule has 0 N–H and O–H groups in total. The van der Waals surface area contributed by atoms with Crippen LogP contribution < -0.4 is 4.90 Å². The van der Waals surface area contributed by atoms with Gasteiger partial charge in [0.2, 0.25) is 11.8 Å². The second-order valence-corrected chi connectivity index (χ2v) is 8.54. The van der Waals surface area contributed by atoms with Gasteiger partial charge in [-0.25, -0.2) is 14.1 Å². The number of esters is 1. The number of carbonyl (C=O) groups excluding carboxylic acids is 4. The summed E-state index contributed by atoms with van der Waals surface area (Å²) in [6.07, 6.45) is 2.95. The number of ether oxygens (including phenoxy) is 1. The molecule has 1 aliphatic heterocycles. The van der Waals surface area contributed by atoms with Crippen molar-refractivity contribution >= 4 is 29.3 Å². The maximum atomic E-state index is 13.1. The van der Waals surface area contributed by atoms with Crippen molar-refractivity contribution in [2.24, 2.45) is 23.7 Å². The molecule has 2 bridgehead atoms. The summed E-state index contributed by atoms with van der Waals surface area (Å²) in [4.78, 5) is 52.0. The molecule has 5 rings (SSSR count). The zero-order valence-electron chi connectivity index (χ0n) is 17.3. The Kier molecular flexibility index (Phi) is 4.77. The average Bonchev–Trinajstić information content (AvgIpc) is 3.42. The number of Topliss-reactive ketones (excluding diaryl/α,β-unsaturated/α-hetero) is 1. The van der Waals surface area contributed by atoms with E-state index in [2.05, 4.69) is 6.08 Å². The third-order valence-corrected chi connectivity index (χ3v) is 6.72. The summed E-state index contributed by atoms with van der Waals surface area (Å²) in [5.74, 6) is -2.60. The summed E-state index contributed by atoms with van der Waals surface area (Å²) in [5, 5.41) is 0. The van der Waals surface area contributed by atoms with Gasteiger partial charge in [0.1, 0.15) is 5.82 Å². The van der Waals surface area contributed by atoms with Gasteiger partial charge in [-0.2, -0.15) is 0 Å². The van der Waals surface area contributed by atoms with E-state index in [4.69, 9.17) is 4.74 Å². The number of halogens is 1. The Bertz CT molecular complexity index is 1190. The van der Waals surface area contributed by atoms with Gasteiger partial charge in [0.05, 0.1) is 23.1 Å². The van der Waals surface area contributed by atoms with Crippen LogP contribution in [-0.2, 0) is 14.3 Å². The van der Waals surface area contributed by atoms with Crippen molar-refractivity contribution in [1.29, 1.82) is 0 Å². The fourth-order valence-corrected chi connectivity index (χ4v) is 5.23. The van der Waals surface area contributed by atoms with Crippen molar-refractivity contribution in [3.05, 3.63) is 77.1 Å². The number of fused-ring (bicyclic) bond motifs is 5. The molecular formula is C25H20FNO5. The van der Waals surface area contributed by atoms with Crippen LogP contribution in [0, 0.1) is 29.5 Å². The van der Waals surface area contributed by atoms with Crippen molar-refractivity contribution in [1.82, 2.24) is 0 Å². The fourth-order valence-electron chi connectivity index (χ4n) is 5.23. The van der Waals surface area contributed by atoms with E-state index in [1.54, 1.807) is 12.1 Å². The van der Waals surface area contributed by atoms with Crippen LogP contribution in [-0.4, -0.2) is 30.2 Å². The molecule has 0 unspecified atom stereocenters. The van der Waals surface area contributed by atoms with Gasteiger partial charge in [-0.1, -0.05) is 17.7 Å². The first-order valence-corrected chi connectivity index (χ1v) is 10.5. The molecule has 7 heteroatoms. The second-order valence-electron chi connectivity index (χ2n) is 8.54. The fraction of sp³-hybridized carbons (Fsp3) is 0.280. The summed E-state index contributed by atoms with van der Waals surface area (Å²) in [6.45, 7) is 1.50. The number of hydrogen-bond donors (Lipinski definition) is 0. The van der Waals surface area contributed by atoms with Gasteiger partial charge in [-0.3, -0.25) is 14.4 Å². The number of ketones is 1. The molecule has 2 aliphatic carbocycles. The number of rotatable bonds is 5. The number of carbonyl (C=O) groups is 4. The lowest BCUT2D eigenvalue weighted by molar-refractivity contribution is -0.123. The summed E-state index contributed by atoms with van der Waals surface area (Å²) >= 11 is 0. The molecule has 32 heavy (non-hydrogen) atoms. The van der Waals surface area contributed by atoms with Crippen molar-refractivity contribution < 1.29 is 28.3 Å². The maximum absolute atomic E-state index is 13.1. The van der Waals surface area contributed by atoms with Crippen LogP contribution in [0.25, 0.3) is 0 Å². The first kappa shape index (κ1) is 20.3. The lowest BCUT2D eigenvalue weighted by Gasteiger charge is -2.19. The minimum absolute atomic E-state index is 0.0945. The third-order valence-electron chi connectivity index (χ3n) is 6.72. The summed E-state index contributed by atoms with van der Waals surface area (Å²) < 4.78 is 18.1. The number of hydrogen-bond acceptors (Lipinski definition) is 5.